The van der Waals surface area contributed by atoms with Gasteiger partial charge in [-0.25, -0.2) is 5.43 Å². The summed E-state index contributed by atoms with van der Waals surface area (Å²) in [5, 5.41) is 7.26. The molecule has 2 aromatic rings. The molecule has 2 N–H and O–H groups in total. The zero-order chi connectivity index (χ0) is 18.2. The summed E-state index contributed by atoms with van der Waals surface area (Å²) in [5.74, 6) is -0.532. The molecular formula is C19H20ClN3O2. The number of nitrogens with one attached hydrogen (secondary N) is 2. The van der Waals surface area contributed by atoms with Crippen molar-refractivity contribution in [2.75, 3.05) is 5.32 Å². The fourth-order valence-electron chi connectivity index (χ4n) is 2.22. The largest absolute Gasteiger partial charge is 0.326 e. The highest BCUT2D eigenvalue weighted by atomic mass is 35.5. The summed E-state index contributed by atoms with van der Waals surface area (Å²) >= 11 is 5.86. The highest BCUT2D eigenvalue weighted by molar-refractivity contribution is 6.30. The Hall–Kier alpha value is -2.66. The van der Waals surface area contributed by atoms with E-state index in [0.29, 0.717) is 5.02 Å². The Kier molecular flexibility index (Phi) is 6.71. The third kappa shape index (κ3) is 6.39. The molecule has 0 fully saturated rings. The molecule has 0 bridgehead atoms. The van der Waals surface area contributed by atoms with Crippen LogP contribution in [-0.4, -0.2) is 18.0 Å². The van der Waals surface area contributed by atoms with Crippen molar-refractivity contribution in [2.45, 2.75) is 26.7 Å². The molecule has 0 saturated carbocycles. The topological polar surface area (TPSA) is 70.6 Å². The van der Waals surface area contributed by atoms with Gasteiger partial charge in [0.15, 0.2) is 0 Å². The van der Waals surface area contributed by atoms with Crippen LogP contribution >= 0.6 is 11.6 Å². The average molecular weight is 358 g/mol. The molecule has 0 atom stereocenters. The average Bonchev–Trinajstić information content (AvgIpc) is 2.56. The van der Waals surface area contributed by atoms with Crippen molar-refractivity contribution in [3.8, 4) is 0 Å². The number of hydrogen-bond acceptors (Lipinski definition) is 3. The van der Waals surface area contributed by atoms with Gasteiger partial charge in [0, 0.05) is 23.6 Å². The van der Waals surface area contributed by atoms with Crippen LogP contribution in [-0.2, 0) is 9.59 Å². The molecule has 5 nitrogen and oxygen atoms in total. The Morgan fingerprint density at radius 2 is 1.84 bits per heavy atom. The van der Waals surface area contributed by atoms with Gasteiger partial charge in [-0.3, -0.25) is 9.59 Å². The lowest BCUT2D eigenvalue weighted by molar-refractivity contribution is -0.124. The van der Waals surface area contributed by atoms with Crippen LogP contribution in [0.25, 0.3) is 0 Å². The summed E-state index contributed by atoms with van der Waals surface area (Å²) in [6.07, 6.45) is 1.65. The lowest BCUT2D eigenvalue weighted by Gasteiger charge is -2.08. The summed E-state index contributed by atoms with van der Waals surface area (Å²) < 4.78 is 0. The maximum absolute atomic E-state index is 11.9. The predicted molar refractivity (Wildman–Crippen MR) is 101 cm³/mol. The van der Waals surface area contributed by atoms with E-state index in [0.717, 1.165) is 22.4 Å². The van der Waals surface area contributed by atoms with Crippen LogP contribution in [0.5, 0.6) is 0 Å². The first kappa shape index (κ1) is 18.7. The zero-order valence-corrected chi connectivity index (χ0v) is 14.9. The standard InChI is InChI=1S/C19H20ClN3O2/c1-13-6-7-17(14(2)10-13)22-18(24)8-9-19(25)23-21-12-15-4-3-5-16(20)11-15/h3-7,10-12H,8-9H2,1-2H3,(H,22,24)(H,23,25). The van der Waals surface area contributed by atoms with Gasteiger partial charge in [0.1, 0.15) is 0 Å². The van der Waals surface area contributed by atoms with Crippen molar-refractivity contribution < 1.29 is 9.59 Å². The van der Waals surface area contributed by atoms with Gasteiger partial charge in [-0.15, -0.1) is 0 Å². The Morgan fingerprint density at radius 1 is 1.08 bits per heavy atom. The van der Waals surface area contributed by atoms with Crippen LogP contribution in [0.1, 0.15) is 29.5 Å². The van der Waals surface area contributed by atoms with E-state index < -0.39 is 0 Å². The molecular weight excluding hydrogens is 338 g/mol. The van der Waals surface area contributed by atoms with Crippen molar-refractivity contribution in [1.82, 2.24) is 5.43 Å². The van der Waals surface area contributed by atoms with Gasteiger partial charge in [-0.05, 0) is 43.2 Å². The Labute approximate surface area is 152 Å². The smallest absolute Gasteiger partial charge is 0.240 e. The van der Waals surface area contributed by atoms with Gasteiger partial charge < -0.3 is 5.32 Å². The van der Waals surface area contributed by atoms with Crippen LogP contribution in [0.3, 0.4) is 0 Å². The molecule has 0 saturated heterocycles. The lowest BCUT2D eigenvalue weighted by Crippen LogP contribution is -2.20. The van der Waals surface area contributed by atoms with Crippen LogP contribution in [0.15, 0.2) is 47.6 Å². The molecule has 25 heavy (non-hydrogen) atoms. The fourth-order valence-corrected chi connectivity index (χ4v) is 2.41. The number of hydrazone groups is 1. The molecule has 0 aliphatic heterocycles. The summed E-state index contributed by atoms with van der Waals surface area (Å²) in [5.41, 5.74) is 6.06. The molecule has 0 aromatic heterocycles. The fraction of sp³-hybridized carbons (Fsp3) is 0.211. The van der Waals surface area contributed by atoms with Crippen LogP contribution in [0.2, 0.25) is 5.02 Å². The minimum atomic E-state index is -0.325. The Balaban J connectivity index is 1.76. The SMILES string of the molecule is Cc1ccc(NC(=O)CCC(=O)NN=Cc2cccc(Cl)c2)c(C)c1. The number of halogens is 1. The third-order valence-corrected chi connectivity index (χ3v) is 3.72. The number of hydrogen-bond donors (Lipinski definition) is 2. The predicted octanol–water partition coefficient (Wildman–Crippen LogP) is 3.83. The number of anilines is 1. The molecule has 0 aliphatic rings. The van der Waals surface area contributed by atoms with Gasteiger partial charge in [0.2, 0.25) is 11.8 Å². The number of benzene rings is 2. The third-order valence-electron chi connectivity index (χ3n) is 3.49. The molecule has 0 radical (unpaired) electrons. The number of aryl methyl sites for hydroxylation is 2. The summed E-state index contributed by atoms with van der Waals surface area (Å²) in [6, 6.07) is 12.9. The molecule has 2 rings (SSSR count). The zero-order valence-electron chi connectivity index (χ0n) is 14.2. The number of amides is 2. The summed E-state index contributed by atoms with van der Waals surface area (Å²) in [7, 11) is 0. The lowest BCUT2D eigenvalue weighted by atomic mass is 10.1. The molecule has 2 aromatic carbocycles. The molecule has 2 amide bonds. The molecule has 0 heterocycles. The monoisotopic (exact) mass is 357 g/mol. The highest BCUT2D eigenvalue weighted by Crippen LogP contribution is 2.16. The van der Waals surface area contributed by atoms with E-state index in [1.165, 1.54) is 6.21 Å². The quantitative estimate of drug-likeness (QED) is 0.609. The maximum Gasteiger partial charge on any atom is 0.240 e. The van der Waals surface area contributed by atoms with Gasteiger partial charge >= 0.3 is 0 Å². The Morgan fingerprint density at radius 3 is 2.56 bits per heavy atom. The van der Waals surface area contributed by atoms with Crippen molar-refractivity contribution in [2.24, 2.45) is 5.10 Å². The molecule has 0 unspecified atom stereocenters. The molecule has 0 spiro atoms. The molecule has 0 aliphatic carbocycles. The van der Waals surface area contributed by atoms with Gasteiger partial charge in [0.05, 0.1) is 6.21 Å². The highest BCUT2D eigenvalue weighted by Gasteiger charge is 2.08. The number of nitrogens with zero attached hydrogens (tertiary/aromatic N) is 1. The minimum absolute atomic E-state index is 0.0592. The first-order chi connectivity index (χ1) is 11.9. The van der Waals surface area contributed by atoms with Crippen LogP contribution < -0.4 is 10.7 Å². The Bertz CT molecular complexity index is 803. The molecule has 6 heteroatoms. The van der Waals surface area contributed by atoms with E-state index in [1.54, 1.807) is 18.2 Å². The van der Waals surface area contributed by atoms with Crippen LogP contribution in [0.4, 0.5) is 5.69 Å². The normalized spacial score (nSPS) is 10.7. The molecule has 130 valence electrons. The number of carbonyl (C=O) groups excluding carboxylic acids is 2. The maximum atomic E-state index is 11.9. The summed E-state index contributed by atoms with van der Waals surface area (Å²) in [4.78, 5) is 23.7. The van der Waals surface area contributed by atoms with E-state index in [-0.39, 0.29) is 24.7 Å². The van der Waals surface area contributed by atoms with E-state index in [9.17, 15) is 9.59 Å². The van der Waals surface area contributed by atoms with Crippen LogP contribution in [0, 0.1) is 13.8 Å². The van der Waals surface area contributed by atoms with E-state index >= 15 is 0 Å². The van der Waals surface area contributed by atoms with Gasteiger partial charge in [0.25, 0.3) is 0 Å². The van der Waals surface area contributed by atoms with E-state index in [2.05, 4.69) is 15.8 Å². The van der Waals surface area contributed by atoms with Crippen molar-refractivity contribution >= 4 is 35.3 Å². The second-order valence-electron chi connectivity index (χ2n) is 5.71. The van der Waals surface area contributed by atoms with Crippen molar-refractivity contribution in [3.05, 3.63) is 64.2 Å². The van der Waals surface area contributed by atoms with Crippen molar-refractivity contribution in [3.63, 3.8) is 0 Å². The second-order valence-corrected chi connectivity index (χ2v) is 6.15. The minimum Gasteiger partial charge on any atom is -0.326 e. The second kappa shape index (κ2) is 8.99. The van der Waals surface area contributed by atoms with Gasteiger partial charge in [-0.2, -0.15) is 5.10 Å². The number of carbonyl (C=O) groups is 2. The van der Waals surface area contributed by atoms with Gasteiger partial charge in [-0.1, -0.05) is 41.4 Å². The first-order valence-corrected chi connectivity index (χ1v) is 8.26. The van der Waals surface area contributed by atoms with E-state index in [1.807, 2.05) is 38.1 Å². The first-order valence-electron chi connectivity index (χ1n) is 7.88. The van der Waals surface area contributed by atoms with E-state index in [4.69, 9.17) is 11.6 Å². The summed E-state index contributed by atoms with van der Waals surface area (Å²) in [6.45, 7) is 3.92. The van der Waals surface area contributed by atoms with Crippen molar-refractivity contribution in [1.29, 1.82) is 0 Å². The number of rotatable bonds is 6.